The van der Waals surface area contributed by atoms with Crippen LogP contribution in [0.1, 0.15) is 50.0 Å². The number of nitrogens with one attached hydrogen (secondary N) is 1. The van der Waals surface area contributed by atoms with Crippen LogP contribution in [0.3, 0.4) is 0 Å². The Kier molecular flexibility index (Phi) is 7.46. The minimum atomic E-state index is -0.203. The number of carbonyl (C=O) groups is 2. The predicted molar refractivity (Wildman–Crippen MR) is 166 cm³/mol. The Morgan fingerprint density at radius 2 is 1.59 bits per heavy atom. The lowest BCUT2D eigenvalue weighted by molar-refractivity contribution is 0.0986. The molecule has 3 N–H and O–H groups in total. The summed E-state index contributed by atoms with van der Waals surface area (Å²) in [5.74, 6) is -0.295. The molecule has 1 unspecified atom stereocenters. The van der Waals surface area contributed by atoms with Gasteiger partial charge in [-0.2, -0.15) is 0 Å². The van der Waals surface area contributed by atoms with Gasteiger partial charge in [-0.05, 0) is 53.9 Å². The quantitative estimate of drug-likeness (QED) is 0.228. The molecule has 0 fully saturated rings. The Balaban J connectivity index is 1.22. The normalized spacial score (nSPS) is 13.1. The van der Waals surface area contributed by atoms with Crippen LogP contribution in [0.25, 0.3) is 22.4 Å². The lowest BCUT2D eigenvalue weighted by atomic mass is 9.99. The monoisotopic (exact) mass is 558 g/mol. The van der Waals surface area contributed by atoms with Crippen LogP contribution in [0.2, 0.25) is 0 Å². The van der Waals surface area contributed by atoms with E-state index in [2.05, 4.69) is 12.2 Å². The lowest BCUT2D eigenvalue weighted by Crippen LogP contribution is -2.32. The molecular formula is C34H30N4O2S. The highest BCUT2D eigenvalue weighted by molar-refractivity contribution is 7.12. The summed E-state index contributed by atoms with van der Waals surface area (Å²) in [5, 5.41) is 3.93. The van der Waals surface area contributed by atoms with Crippen LogP contribution in [-0.4, -0.2) is 23.3 Å². The molecule has 4 aromatic carbocycles. The fourth-order valence-electron chi connectivity index (χ4n) is 5.14. The number of amides is 2. The molecule has 204 valence electrons. The van der Waals surface area contributed by atoms with E-state index in [0.29, 0.717) is 29.8 Å². The SMILES string of the molecule is CCC(N)c1nc2c(s1)CCN(C(=O)c1ccc(NC(=O)c3ccccc3-c3ccccc3)cc1)c1ccccc1-2. The molecule has 1 aromatic heterocycles. The maximum Gasteiger partial charge on any atom is 0.258 e. The van der Waals surface area contributed by atoms with Crippen molar-refractivity contribution in [2.75, 3.05) is 16.8 Å². The van der Waals surface area contributed by atoms with Gasteiger partial charge < -0.3 is 16.0 Å². The summed E-state index contributed by atoms with van der Waals surface area (Å²) in [6, 6.07) is 32.3. The van der Waals surface area contributed by atoms with E-state index >= 15 is 0 Å². The first-order valence-corrected chi connectivity index (χ1v) is 14.6. The van der Waals surface area contributed by atoms with E-state index in [1.165, 1.54) is 0 Å². The maximum absolute atomic E-state index is 13.8. The molecule has 41 heavy (non-hydrogen) atoms. The average Bonchev–Trinajstić information content (AvgIpc) is 3.39. The third-order valence-corrected chi connectivity index (χ3v) is 8.62. The Morgan fingerprint density at radius 3 is 2.34 bits per heavy atom. The van der Waals surface area contributed by atoms with Gasteiger partial charge in [0.2, 0.25) is 0 Å². The Morgan fingerprint density at radius 1 is 0.902 bits per heavy atom. The molecule has 0 saturated carbocycles. The number of rotatable bonds is 6. The molecular weight excluding hydrogens is 528 g/mol. The van der Waals surface area contributed by atoms with Crippen LogP contribution in [0.4, 0.5) is 11.4 Å². The van der Waals surface area contributed by atoms with Crippen molar-refractivity contribution in [1.29, 1.82) is 0 Å². The zero-order valence-corrected chi connectivity index (χ0v) is 23.5. The third kappa shape index (κ3) is 5.29. The minimum absolute atomic E-state index is 0.0809. The minimum Gasteiger partial charge on any atom is -0.322 e. The smallest absolute Gasteiger partial charge is 0.258 e. The number of nitrogens with two attached hydrogens (primary N) is 1. The van der Waals surface area contributed by atoms with Crippen LogP contribution in [-0.2, 0) is 6.42 Å². The van der Waals surface area contributed by atoms with E-state index in [0.717, 1.165) is 44.4 Å². The largest absolute Gasteiger partial charge is 0.322 e. The van der Waals surface area contributed by atoms with Gasteiger partial charge in [0, 0.05) is 40.2 Å². The number of thiazole rings is 1. The third-order valence-electron chi connectivity index (χ3n) is 7.37. The zero-order valence-electron chi connectivity index (χ0n) is 22.7. The number of benzene rings is 4. The first-order valence-electron chi connectivity index (χ1n) is 13.8. The number of hydrogen-bond acceptors (Lipinski definition) is 5. The fraction of sp³-hybridized carbons (Fsp3) is 0.147. The summed E-state index contributed by atoms with van der Waals surface area (Å²) >= 11 is 1.65. The highest BCUT2D eigenvalue weighted by Gasteiger charge is 2.28. The number of fused-ring (bicyclic) bond motifs is 3. The highest BCUT2D eigenvalue weighted by Crippen LogP contribution is 2.40. The van der Waals surface area contributed by atoms with E-state index in [1.807, 2.05) is 83.8 Å². The Bertz CT molecular complexity index is 1710. The predicted octanol–water partition coefficient (Wildman–Crippen LogP) is 7.34. The van der Waals surface area contributed by atoms with Crippen LogP contribution in [0, 0.1) is 0 Å². The van der Waals surface area contributed by atoms with Gasteiger partial charge in [0.25, 0.3) is 11.8 Å². The van der Waals surface area contributed by atoms with Gasteiger partial charge in [0.05, 0.1) is 17.4 Å². The molecule has 2 heterocycles. The molecule has 1 aliphatic rings. The maximum atomic E-state index is 13.8. The molecule has 1 atom stereocenters. The van der Waals surface area contributed by atoms with Crippen molar-refractivity contribution < 1.29 is 9.59 Å². The molecule has 0 aliphatic carbocycles. The highest BCUT2D eigenvalue weighted by atomic mass is 32.1. The van der Waals surface area contributed by atoms with Gasteiger partial charge in [0.15, 0.2) is 0 Å². The summed E-state index contributed by atoms with van der Waals surface area (Å²) in [6.45, 7) is 2.60. The molecule has 0 saturated heterocycles. The van der Waals surface area contributed by atoms with Crippen molar-refractivity contribution in [2.24, 2.45) is 5.73 Å². The summed E-state index contributed by atoms with van der Waals surface area (Å²) < 4.78 is 0. The summed E-state index contributed by atoms with van der Waals surface area (Å²) in [5.41, 5.74) is 12.6. The Hall–Kier alpha value is -4.59. The summed E-state index contributed by atoms with van der Waals surface area (Å²) in [6.07, 6.45) is 1.54. The second kappa shape index (κ2) is 11.5. The topological polar surface area (TPSA) is 88.3 Å². The van der Waals surface area contributed by atoms with Gasteiger partial charge in [-0.15, -0.1) is 11.3 Å². The van der Waals surface area contributed by atoms with Crippen LogP contribution < -0.4 is 16.0 Å². The molecule has 1 aliphatic heterocycles. The van der Waals surface area contributed by atoms with Crippen molar-refractivity contribution in [3.05, 3.63) is 124 Å². The number of nitrogens with zero attached hydrogens (tertiary/aromatic N) is 2. The summed E-state index contributed by atoms with van der Waals surface area (Å²) in [4.78, 5) is 34.9. The van der Waals surface area contributed by atoms with Crippen LogP contribution in [0.15, 0.2) is 103 Å². The molecule has 0 spiro atoms. The second-order valence-electron chi connectivity index (χ2n) is 10.0. The van der Waals surface area contributed by atoms with E-state index in [1.54, 1.807) is 35.6 Å². The lowest BCUT2D eigenvalue weighted by Gasteiger charge is -2.23. The fourth-order valence-corrected chi connectivity index (χ4v) is 6.29. The second-order valence-corrected chi connectivity index (χ2v) is 11.1. The first-order chi connectivity index (χ1) is 20.0. The number of carbonyl (C=O) groups excluding carboxylic acids is 2. The van der Waals surface area contributed by atoms with Gasteiger partial charge in [-0.3, -0.25) is 9.59 Å². The Labute approximate surface area is 243 Å². The summed E-state index contributed by atoms with van der Waals surface area (Å²) in [7, 11) is 0. The van der Waals surface area contributed by atoms with E-state index in [4.69, 9.17) is 10.7 Å². The molecule has 2 amide bonds. The number of hydrogen-bond donors (Lipinski definition) is 2. The van der Waals surface area contributed by atoms with Gasteiger partial charge >= 0.3 is 0 Å². The molecule has 5 aromatic rings. The van der Waals surface area contributed by atoms with Crippen molar-refractivity contribution >= 4 is 34.5 Å². The van der Waals surface area contributed by atoms with Crippen molar-refractivity contribution in [2.45, 2.75) is 25.8 Å². The van der Waals surface area contributed by atoms with E-state index in [-0.39, 0.29) is 17.9 Å². The van der Waals surface area contributed by atoms with Gasteiger partial charge in [0.1, 0.15) is 5.01 Å². The number of aromatic nitrogens is 1. The van der Waals surface area contributed by atoms with E-state index < -0.39 is 0 Å². The van der Waals surface area contributed by atoms with Crippen LogP contribution in [0.5, 0.6) is 0 Å². The molecule has 7 heteroatoms. The molecule has 0 radical (unpaired) electrons. The van der Waals surface area contributed by atoms with Gasteiger partial charge in [-0.1, -0.05) is 73.7 Å². The van der Waals surface area contributed by atoms with Crippen LogP contribution >= 0.6 is 11.3 Å². The molecule has 6 rings (SSSR count). The van der Waals surface area contributed by atoms with Crippen molar-refractivity contribution in [3.63, 3.8) is 0 Å². The number of anilines is 2. The zero-order chi connectivity index (χ0) is 28.3. The average molecular weight is 559 g/mol. The van der Waals surface area contributed by atoms with E-state index in [9.17, 15) is 9.59 Å². The van der Waals surface area contributed by atoms with Crippen molar-refractivity contribution in [3.8, 4) is 22.4 Å². The number of para-hydroxylation sites is 1. The molecule has 6 nitrogen and oxygen atoms in total. The van der Waals surface area contributed by atoms with Crippen molar-refractivity contribution in [1.82, 2.24) is 4.98 Å². The standard InChI is InChI=1S/C34H30N4O2S/c1-2-28(35)33-37-31-27-14-8-9-15-29(27)38(21-20-30(31)41-33)34(40)23-16-18-24(19-17-23)36-32(39)26-13-7-6-12-25(26)22-10-4-3-5-11-22/h3-19,28H,2,20-21,35H2,1H3,(H,36,39). The first kappa shape index (κ1) is 26.6. The van der Waals surface area contributed by atoms with Gasteiger partial charge in [-0.25, -0.2) is 4.98 Å². The molecule has 0 bridgehead atoms.